The van der Waals surface area contributed by atoms with Crippen molar-refractivity contribution in [1.82, 2.24) is 9.55 Å². The molecule has 0 saturated heterocycles. The molecule has 4 nitrogen and oxygen atoms in total. The lowest BCUT2D eigenvalue weighted by atomic mass is 10.1. The smallest absolute Gasteiger partial charge is 0.189 e. The highest BCUT2D eigenvalue weighted by molar-refractivity contribution is 5.88. The van der Waals surface area contributed by atoms with Crippen molar-refractivity contribution in [3.8, 4) is 11.8 Å². The predicted molar refractivity (Wildman–Crippen MR) is 86.1 cm³/mol. The molecule has 0 amide bonds. The molecule has 0 radical (unpaired) electrons. The van der Waals surface area contributed by atoms with Gasteiger partial charge in [-0.05, 0) is 30.3 Å². The Hall–Kier alpha value is -3.32. The van der Waals surface area contributed by atoms with Crippen molar-refractivity contribution in [2.45, 2.75) is 0 Å². The van der Waals surface area contributed by atoms with Gasteiger partial charge in [-0.1, -0.05) is 12.1 Å². The molecule has 0 saturated carbocycles. The van der Waals surface area contributed by atoms with Gasteiger partial charge in [0.05, 0.1) is 11.1 Å². The molecule has 2 aromatic carbocycles. The van der Waals surface area contributed by atoms with Gasteiger partial charge in [-0.3, -0.25) is 4.79 Å². The van der Waals surface area contributed by atoms with Crippen LogP contribution in [0.25, 0.3) is 27.5 Å². The lowest BCUT2D eigenvalue weighted by Gasteiger charge is -2.10. The van der Waals surface area contributed by atoms with Crippen molar-refractivity contribution in [1.29, 1.82) is 5.26 Å². The first-order valence-corrected chi connectivity index (χ1v) is 6.90. The molecule has 0 aliphatic heterocycles. The molecular weight excluding hydrogens is 274 g/mol. The Morgan fingerprint density at radius 1 is 1.05 bits per heavy atom. The van der Waals surface area contributed by atoms with Crippen molar-refractivity contribution in [2.24, 2.45) is 0 Å². The Kier molecular flexibility index (Phi) is 2.60. The van der Waals surface area contributed by atoms with Crippen LogP contribution in [0.4, 0.5) is 0 Å². The number of aromatic amines is 1. The Balaban J connectivity index is 2.02. The third kappa shape index (κ3) is 1.73. The van der Waals surface area contributed by atoms with Crippen molar-refractivity contribution >= 4 is 21.8 Å². The molecule has 4 aromatic rings. The van der Waals surface area contributed by atoms with Gasteiger partial charge in [0.2, 0.25) is 0 Å². The highest BCUT2D eigenvalue weighted by atomic mass is 16.1. The first kappa shape index (κ1) is 12.4. The third-order valence-electron chi connectivity index (χ3n) is 3.87. The summed E-state index contributed by atoms with van der Waals surface area (Å²) in [5.74, 6) is 0. The standard InChI is InChI=1S/C18H11N3O/c19-10-12-11-20-16-9-13(5-6-14(12)16)21-8-7-18(22)15-3-1-2-4-17(15)21/h1-9,11,20H. The Labute approximate surface area is 125 Å². The number of para-hydroxylation sites is 1. The Morgan fingerprint density at radius 3 is 2.77 bits per heavy atom. The largest absolute Gasteiger partial charge is 0.360 e. The summed E-state index contributed by atoms with van der Waals surface area (Å²) in [7, 11) is 0. The third-order valence-corrected chi connectivity index (χ3v) is 3.87. The second kappa shape index (κ2) is 4.61. The first-order chi connectivity index (χ1) is 10.8. The van der Waals surface area contributed by atoms with E-state index in [0.717, 1.165) is 22.1 Å². The number of nitriles is 1. The normalized spacial score (nSPS) is 10.9. The molecular formula is C18H11N3O. The van der Waals surface area contributed by atoms with Crippen LogP contribution < -0.4 is 5.43 Å². The highest BCUT2D eigenvalue weighted by Gasteiger charge is 2.07. The summed E-state index contributed by atoms with van der Waals surface area (Å²) in [5.41, 5.74) is 3.35. The number of aromatic nitrogens is 2. The van der Waals surface area contributed by atoms with E-state index in [1.165, 1.54) is 0 Å². The van der Waals surface area contributed by atoms with Crippen molar-refractivity contribution in [3.05, 3.63) is 76.7 Å². The van der Waals surface area contributed by atoms with E-state index in [9.17, 15) is 4.79 Å². The minimum absolute atomic E-state index is 0.0135. The fourth-order valence-corrected chi connectivity index (χ4v) is 2.79. The van der Waals surface area contributed by atoms with Crippen molar-refractivity contribution in [2.75, 3.05) is 0 Å². The quantitative estimate of drug-likeness (QED) is 0.583. The molecule has 4 rings (SSSR count). The number of pyridine rings is 1. The van der Waals surface area contributed by atoms with Gasteiger partial charge >= 0.3 is 0 Å². The lowest BCUT2D eigenvalue weighted by Crippen LogP contribution is -2.06. The number of nitrogens with one attached hydrogen (secondary N) is 1. The molecule has 2 heterocycles. The summed E-state index contributed by atoms with van der Waals surface area (Å²) in [4.78, 5) is 15.1. The van der Waals surface area contributed by atoms with Crippen molar-refractivity contribution in [3.63, 3.8) is 0 Å². The van der Waals surface area contributed by atoms with Crippen LogP contribution in [0.5, 0.6) is 0 Å². The molecule has 0 spiro atoms. The molecule has 0 aliphatic rings. The molecule has 0 fully saturated rings. The maximum absolute atomic E-state index is 12.0. The fraction of sp³-hybridized carbons (Fsp3) is 0. The summed E-state index contributed by atoms with van der Waals surface area (Å²) in [5, 5.41) is 10.7. The van der Waals surface area contributed by atoms with Gasteiger partial charge in [-0.15, -0.1) is 0 Å². The summed E-state index contributed by atoms with van der Waals surface area (Å²) in [6.45, 7) is 0. The average molecular weight is 285 g/mol. The van der Waals surface area contributed by atoms with Crippen LogP contribution in [0, 0.1) is 11.3 Å². The van der Waals surface area contributed by atoms with Crippen LogP contribution in [0.15, 0.2) is 65.7 Å². The molecule has 4 heteroatoms. The van der Waals surface area contributed by atoms with Gasteiger partial charge in [0, 0.05) is 40.4 Å². The summed E-state index contributed by atoms with van der Waals surface area (Å²) < 4.78 is 1.98. The lowest BCUT2D eigenvalue weighted by molar-refractivity contribution is 1.10. The first-order valence-electron chi connectivity index (χ1n) is 6.90. The van der Waals surface area contributed by atoms with E-state index in [0.29, 0.717) is 10.9 Å². The maximum atomic E-state index is 12.0. The fourth-order valence-electron chi connectivity index (χ4n) is 2.79. The molecule has 2 aromatic heterocycles. The average Bonchev–Trinajstić information content (AvgIpc) is 2.97. The second-order valence-electron chi connectivity index (χ2n) is 5.11. The number of rotatable bonds is 1. The van der Waals surface area contributed by atoms with Crippen LogP contribution in [0.1, 0.15) is 5.56 Å². The summed E-state index contributed by atoms with van der Waals surface area (Å²) >= 11 is 0. The van der Waals surface area contributed by atoms with Crippen molar-refractivity contribution < 1.29 is 0 Å². The van der Waals surface area contributed by atoms with E-state index in [1.807, 2.05) is 47.0 Å². The Morgan fingerprint density at radius 2 is 1.91 bits per heavy atom. The van der Waals surface area contributed by atoms with E-state index >= 15 is 0 Å². The monoisotopic (exact) mass is 285 g/mol. The highest BCUT2D eigenvalue weighted by Crippen LogP contribution is 2.23. The van der Waals surface area contributed by atoms with E-state index in [2.05, 4.69) is 11.1 Å². The molecule has 0 aliphatic carbocycles. The van der Waals surface area contributed by atoms with E-state index in [1.54, 1.807) is 18.5 Å². The minimum atomic E-state index is 0.0135. The van der Waals surface area contributed by atoms with Gasteiger partial charge < -0.3 is 9.55 Å². The number of hydrogen-bond donors (Lipinski definition) is 1. The van der Waals surface area contributed by atoms with E-state index in [-0.39, 0.29) is 5.43 Å². The predicted octanol–water partition coefficient (Wildman–Crippen LogP) is 3.34. The number of benzene rings is 2. The molecule has 0 bridgehead atoms. The van der Waals surface area contributed by atoms with Crippen LogP contribution >= 0.6 is 0 Å². The maximum Gasteiger partial charge on any atom is 0.189 e. The minimum Gasteiger partial charge on any atom is -0.360 e. The van der Waals surface area contributed by atoms with Crippen LogP contribution in [0.2, 0.25) is 0 Å². The van der Waals surface area contributed by atoms with Gasteiger partial charge in [0.15, 0.2) is 5.43 Å². The molecule has 22 heavy (non-hydrogen) atoms. The van der Waals surface area contributed by atoms with Gasteiger partial charge in [0.25, 0.3) is 0 Å². The van der Waals surface area contributed by atoms with Crippen LogP contribution in [0.3, 0.4) is 0 Å². The summed E-state index contributed by atoms with van der Waals surface area (Å²) in [6.07, 6.45) is 3.48. The summed E-state index contributed by atoms with van der Waals surface area (Å²) in [6, 6.07) is 17.1. The molecule has 0 atom stereocenters. The zero-order valence-corrected chi connectivity index (χ0v) is 11.6. The molecule has 104 valence electrons. The van der Waals surface area contributed by atoms with Gasteiger partial charge in [-0.25, -0.2) is 0 Å². The van der Waals surface area contributed by atoms with Crippen LogP contribution in [-0.4, -0.2) is 9.55 Å². The second-order valence-corrected chi connectivity index (χ2v) is 5.11. The number of fused-ring (bicyclic) bond motifs is 2. The number of nitrogens with zero attached hydrogens (tertiary/aromatic N) is 2. The Bertz CT molecular complexity index is 1110. The molecule has 0 unspecified atom stereocenters. The van der Waals surface area contributed by atoms with E-state index in [4.69, 9.17) is 5.26 Å². The van der Waals surface area contributed by atoms with Gasteiger partial charge in [-0.2, -0.15) is 5.26 Å². The number of hydrogen-bond acceptors (Lipinski definition) is 2. The van der Waals surface area contributed by atoms with Crippen LogP contribution in [-0.2, 0) is 0 Å². The molecule has 1 N–H and O–H groups in total. The van der Waals surface area contributed by atoms with E-state index < -0.39 is 0 Å². The zero-order valence-electron chi connectivity index (χ0n) is 11.6. The topological polar surface area (TPSA) is 61.6 Å². The SMILES string of the molecule is N#Cc1c[nH]c2cc(-n3ccc(=O)c4ccccc43)ccc12. The zero-order chi connectivity index (χ0) is 15.1. The van der Waals surface area contributed by atoms with Gasteiger partial charge in [0.1, 0.15) is 6.07 Å². The number of H-pyrrole nitrogens is 1.